The fourth-order valence-electron chi connectivity index (χ4n) is 2.41. The van der Waals surface area contributed by atoms with Crippen molar-refractivity contribution in [2.75, 3.05) is 46.4 Å². The van der Waals surface area contributed by atoms with Crippen molar-refractivity contribution in [3.63, 3.8) is 0 Å². The topological polar surface area (TPSA) is 61.9 Å². The van der Waals surface area contributed by atoms with Crippen LogP contribution in [0.4, 0.5) is 0 Å². The lowest BCUT2D eigenvalue weighted by Gasteiger charge is -2.34. The highest BCUT2D eigenvalue weighted by atomic mass is 79.9. The Balaban J connectivity index is 1.68. The molecule has 2 rings (SSSR count). The molecule has 0 spiro atoms. The number of likely N-dealkylation sites (N-methyl/N-ethyl adjacent to an activating group) is 1. The molecule has 23 heavy (non-hydrogen) atoms. The summed E-state index contributed by atoms with van der Waals surface area (Å²) in [6.45, 7) is 3.54. The second-order valence-corrected chi connectivity index (χ2v) is 6.30. The summed E-state index contributed by atoms with van der Waals surface area (Å²) in [7, 11) is 1.63. The third-order valence-corrected chi connectivity index (χ3v) is 4.25. The maximum absolute atomic E-state index is 12.2. The minimum absolute atomic E-state index is 0.00667. The SMILES string of the molecule is CNC(=O)CN1CCN(C(=O)CCOc2cccc(Br)c2)CC1. The fourth-order valence-corrected chi connectivity index (χ4v) is 2.79. The van der Waals surface area contributed by atoms with Gasteiger partial charge < -0.3 is 15.0 Å². The van der Waals surface area contributed by atoms with E-state index in [1.807, 2.05) is 29.2 Å². The lowest BCUT2D eigenvalue weighted by Crippen LogP contribution is -2.51. The van der Waals surface area contributed by atoms with Crippen LogP contribution < -0.4 is 10.1 Å². The molecule has 126 valence electrons. The van der Waals surface area contributed by atoms with E-state index in [2.05, 4.69) is 26.1 Å². The van der Waals surface area contributed by atoms with E-state index < -0.39 is 0 Å². The van der Waals surface area contributed by atoms with Gasteiger partial charge in [-0.05, 0) is 18.2 Å². The third-order valence-electron chi connectivity index (χ3n) is 3.75. The molecule has 0 bridgehead atoms. The molecule has 0 unspecified atom stereocenters. The summed E-state index contributed by atoms with van der Waals surface area (Å²) in [4.78, 5) is 27.4. The summed E-state index contributed by atoms with van der Waals surface area (Å²) < 4.78 is 6.55. The van der Waals surface area contributed by atoms with Crippen LogP contribution in [0.2, 0.25) is 0 Å². The smallest absolute Gasteiger partial charge is 0.233 e. The van der Waals surface area contributed by atoms with Crippen LogP contribution in [0.3, 0.4) is 0 Å². The van der Waals surface area contributed by atoms with Gasteiger partial charge in [0.05, 0.1) is 19.6 Å². The van der Waals surface area contributed by atoms with Gasteiger partial charge in [0.1, 0.15) is 5.75 Å². The second kappa shape index (κ2) is 8.88. The summed E-state index contributed by atoms with van der Waals surface area (Å²) in [5, 5.41) is 2.61. The Labute approximate surface area is 144 Å². The molecule has 1 heterocycles. The lowest BCUT2D eigenvalue weighted by atomic mass is 10.2. The lowest BCUT2D eigenvalue weighted by molar-refractivity contribution is -0.133. The summed E-state index contributed by atoms with van der Waals surface area (Å²) in [6.07, 6.45) is 0.363. The zero-order chi connectivity index (χ0) is 16.7. The van der Waals surface area contributed by atoms with Crippen molar-refractivity contribution in [3.05, 3.63) is 28.7 Å². The number of nitrogens with zero attached hydrogens (tertiary/aromatic N) is 2. The molecule has 0 saturated carbocycles. The highest BCUT2D eigenvalue weighted by Crippen LogP contribution is 2.17. The number of rotatable bonds is 6. The van der Waals surface area contributed by atoms with E-state index in [1.54, 1.807) is 7.05 Å². The van der Waals surface area contributed by atoms with E-state index in [0.717, 1.165) is 23.3 Å². The predicted molar refractivity (Wildman–Crippen MR) is 91.3 cm³/mol. The minimum Gasteiger partial charge on any atom is -0.493 e. The Morgan fingerprint density at radius 2 is 2.00 bits per heavy atom. The normalized spacial score (nSPS) is 15.3. The van der Waals surface area contributed by atoms with E-state index in [9.17, 15) is 9.59 Å². The van der Waals surface area contributed by atoms with Crippen LogP contribution in [-0.4, -0.2) is 68.0 Å². The van der Waals surface area contributed by atoms with E-state index in [0.29, 0.717) is 32.7 Å². The molecule has 1 aromatic rings. The van der Waals surface area contributed by atoms with Gasteiger partial charge >= 0.3 is 0 Å². The summed E-state index contributed by atoms with van der Waals surface area (Å²) >= 11 is 3.38. The minimum atomic E-state index is 0.00667. The molecule has 1 aliphatic rings. The van der Waals surface area contributed by atoms with Crippen molar-refractivity contribution in [1.29, 1.82) is 0 Å². The van der Waals surface area contributed by atoms with Gasteiger partial charge in [0, 0.05) is 37.7 Å². The highest BCUT2D eigenvalue weighted by molar-refractivity contribution is 9.10. The molecule has 1 aromatic carbocycles. The number of hydrogen-bond acceptors (Lipinski definition) is 4. The number of amides is 2. The molecule has 0 aromatic heterocycles. The third kappa shape index (κ3) is 5.84. The average Bonchev–Trinajstić information content (AvgIpc) is 2.55. The van der Waals surface area contributed by atoms with Crippen molar-refractivity contribution >= 4 is 27.7 Å². The zero-order valence-electron chi connectivity index (χ0n) is 13.3. The summed E-state index contributed by atoms with van der Waals surface area (Å²) in [6, 6.07) is 7.57. The molecular formula is C16H22BrN3O3. The number of ether oxygens (including phenoxy) is 1. The molecule has 1 aliphatic heterocycles. The predicted octanol–water partition coefficient (Wildman–Crippen LogP) is 1.11. The van der Waals surface area contributed by atoms with Gasteiger partial charge in [-0.15, -0.1) is 0 Å². The number of benzene rings is 1. The average molecular weight is 384 g/mol. The zero-order valence-corrected chi connectivity index (χ0v) is 14.8. The van der Waals surface area contributed by atoms with Gasteiger partial charge in [-0.2, -0.15) is 0 Å². The Kier molecular flexibility index (Phi) is 6.85. The Morgan fingerprint density at radius 3 is 2.65 bits per heavy atom. The van der Waals surface area contributed by atoms with Crippen LogP contribution in [0.5, 0.6) is 5.75 Å². The molecule has 1 fully saturated rings. The van der Waals surface area contributed by atoms with Crippen LogP contribution in [0.15, 0.2) is 28.7 Å². The van der Waals surface area contributed by atoms with Gasteiger partial charge in [0.25, 0.3) is 0 Å². The van der Waals surface area contributed by atoms with Crippen molar-refractivity contribution in [2.24, 2.45) is 0 Å². The van der Waals surface area contributed by atoms with Gasteiger partial charge in [-0.3, -0.25) is 14.5 Å². The first-order chi connectivity index (χ1) is 11.1. The van der Waals surface area contributed by atoms with E-state index >= 15 is 0 Å². The number of nitrogens with one attached hydrogen (secondary N) is 1. The van der Waals surface area contributed by atoms with Gasteiger partial charge in [-0.25, -0.2) is 0 Å². The second-order valence-electron chi connectivity index (χ2n) is 5.39. The van der Waals surface area contributed by atoms with Crippen LogP contribution in [-0.2, 0) is 9.59 Å². The van der Waals surface area contributed by atoms with Crippen molar-refractivity contribution in [1.82, 2.24) is 15.1 Å². The Bertz CT molecular complexity index is 545. The standard InChI is InChI=1S/C16H22BrN3O3/c1-18-15(21)12-19-6-8-20(9-7-19)16(22)5-10-23-14-4-2-3-13(17)11-14/h2-4,11H,5-10,12H2,1H3,(H,18,21). The maximum atomic E-state index is 12.2. The Hall–Kier alpha value is -1.60. The molecular weight excluding hydrogens is 362 g/mol. The largest absolute Gasteiger partial charge is 0.493 e. The molecule has 7 heteroatoms. The van der Waals surface area contributed by atoms with Crippen LogP contribution in [0, 0.1) is 0 Å². The number of carbonyl (C=O) groups excluding carboxylic acids is 2. The molecule has 1 saturated heterocycles. The molecule has 6 nitrogen and oxygen atoms in total. The molecule has 1 N–H and O–H groups in total. The number of carbonyl (C=O) groups is 2. The van der Waals surface area contributed by atoms with Gasteiger partial charge in [0.15, 0.2) is 0 Å². The van der Waals surface area contributed by atoms with E-state index in [-0.39, 0.29) is 11.8 Å². The summed E-state index contributed by atoms with van der Waals surface area (Å²) in [5.41, 5.74) is 0. The summed E-state index contributed by atoms with van der Waals surface area (Å²) in [5.74, 6) is 0.856. The van der Waals surface area contributed by atoms with Crippen molar-refractivity contribution < 1.29 is 14.3 Å². The molecule has 0 atom stereocenters. The first kappa shape index (κ1) is 17.7. The first-order valence-corrected chi connectivity index (χ1v) is 8.47. The van der Waals surface area contributed by atoms with E-state index in [4.69, 9.17) is 4.74 Å². The van der Waals surface area contributed by atoms with Crippen LogP contribution in [0.25, 0.3) is 0 Å². The fraction of sp³-hybridized carbons (Fsp3) is 0.500. The first-order valence-electron chi connectivity index (χ1n) is 7.67. The Morgan fingerprint density at radius 1 is 1.26 bits per heavy atom. The van der Waals surface area contributed by atoms with Crippen LogP contribution in [0.1, 0.15) is 6.42 Å². The highest BCUT2D eigenvalue weighted by Gasteiger charge is 2.21. The van der Waals surface area contributed by atoms with Crippen molar-refractivity contribution in [3.8, 4) is 5.75 Å². The number of piperazine rings is 1. The quantitative estimate of drug-likeness (QED) is 0.798. The maximum Gasteiger partial charge on any atom is 0.233 e. The van der Waals surface area contributed by atoms with Gasteiger partial charge in [0.2, 0.25) is 11.8 Å². The molecule has 0 radical (unpaired) electrons. The van der Waals surface area contributed by atoms with Crippen molar-refractivity contribution in [2.45, 2.75) is 6.42 Å². The number of hydrogen-bond donors (Lipinski definition) is 1. The van der Waals surface area contributed by atoms with E-state index in [1.165, 1.54) is 0 Å². The van der Waals surface area contributed by atoms with Crippen LogP contribution >= 0.6 is 15.9 Å². The molecule has 0 aliphatic carbocycles. The number of halogens is 1. The monoisotopic (exact) mass is 383 g/mol. The van der Waals surface area contributed by atoms with Gasteiger partial charge in [-0.1, -0.05) is 22.0 Å². The molecule has 2 amide bonds.